The summed E-state index contributed by atoms with van der Waals surface area (Å²) < 4.78 is 0. The molecule has 0 aliphatic carbocycles. The molecule has 0 fully saturated rings. The Kier molecular flexibility index (Phi) is 3.10. The van der Waals surface area contributed by atoms with Gasteiger partial charge in [0, 0.05) is 12.4 Å². The average Bonchev–Trinajstić information content (AvgIpc) is 2.07. The lowest BCUT2D eigenvalue weighted by Gasteiger charge is -1.85. The lowest BCUT2D eigenvalue weighted by atomic mass is 10.3. The molecule has 0 aromatic carbocycles. The van der Waals surface area contributed by atoms with E-state index in [-0.39, 0.29) is 0 Å². The number of nitrogens with zero attached hydrogens (tertiary/aromatic N) is 2. The fourth-order valence-corrected chi connectivity index (χ4v) is 0.598. The summed E-state index contributed by atoms with van der Waals surface area (Å²) in [7, 11) is 1.86. The van der Waals surface area contributed by atoms with Crippen molar-refractivity contribution in [3.63, 3.8) is 0 Å². The molecular formula is C8H9N3. The largest absolute Gasteiger partial charge is 0.309 e. The molecule has 1 rings (SSSR count). The van der Waals surface area contributed by atoms with Gasteiger partial charge in [-0.3, -0.25) is 0 Å². The summed E-state index contributed by atoms with van der Waals surface area (Å²) in [5.41, 5.74) is 0.850. The molecule has 0 spiro atoms. The second-order valence-electron chi connectivity index (χ2n) is 1.96. The molecule has 1 N–H and O–H groups in total. The highest BCUT2D eigenvalue weighted by molar-refractivity contribution is 5.29. The van der Waals surface area contributed by atoms with Gasteiger partial charge in [-0.1, -0.05) is 11.8 Å². The van der Waals surface area contributed by atoms with Crippen LogP contribution in [0, 0.1) is 11.8 Å². The normalized spacial score (nSPS) is 8.45. The lowest BCUT2D eigenvalue weighted by Crippen LogP contribution is -2.04. The van der Waals surface area contributed by atoms with E-state index in [1.54, 1.807) is 12.4 Å². The first-order valence-electron chi connectivity index (χ1n) is 3.32. The van der Waals surface area contributed by atoms with Gasteiger partial charge >= 0.3 is 0 Å². The average molecular weight is 147 g/mol. The zero-order chi connectivity index (χ0) is 7.94. The van der Waals surface area contributed by atoms with Crippen LogP contribution in [0.2, 0.25) is 0 Å². The Hall–Kier alpha value is -1.40. The van der Waals surface area contributed by atoms with Crippen LogP contribution < -0.4 is 5.32 Å². The molecule has 0 aliphatic heterocycles. The zero-order valence-electron chi connectivity index (χ0n) is 6.33. The predicted molar refractivity (Wildman–Crippen MR) is 42.8 cm³/mol. The minimum atomic E-state index is 0.689. The van der Waals surface area contributed by atoms with Crippen LogP contribution in [-0.4, -0.2) is 23.6 Å². The molecule has 0 atom stereocenters. The van der Waals surface area contributed by atoms with Crippen molar-refractivity contribution in [2.45, 2.75) is 0 Å². The second kappa shape index (κ2) is 4.42. The van der Waals surface area contributed by atoms with Crippen LogP contribution in [0.5, 0.6) is 0 Å². The molecule has 1 aromatic rings. The van der Waals surface area contributed by atoms with Gasteiger partial charge in [0.15, 0.2) is 0 Å². The quantitative estimate of drug-likeness (QED) is 0.570. The molecule has 56 valence electrons. The van der Waals surface area contributed by atoms with Crippen LogP contribution >= 0.6 is 0 Å². The van der Waals surface area contributed by atoms with Gasteiger partial charge in [-0.15, -0.1) is 0 Å². The SMILES string of the molecule is CNCC#Cc1cncnc1. The minimum Gasteiger partial charge on any atom is -0.309 e. The number of aromatic nitrogens is 2. The third-order valence-corrected chi connectivity index (χ3v) is 1.06. The third kappa shape index (κ3) is 2.78. The summed E-state index contributed by atoms with van der Waals surface area (Å²) in [5, 5.41) is 2.92. The van der Waals surface area contributed by atoms with Gasteiger partial charge in [0.1, 0.15) is 6.33 Å². The topological polar surface area (TPSA) is 37.8 Å². The first-order chi connectivity index (χ1) is 5.43. The van der Waals surface area contributed by atoms with Gasteiger partial charge in [0.05, 0.1) is 12.1 Å². The summed E-state index contributed by atoms with van der Waals surface area (Å²) in [5.74, 6) is 5.82. The first kappa shape index (κ1) is 7.70. The Morgan fingerprint density at radius 2 is 2.18 bits per heavy atom. The van der Waals surface area contributed by atoms with Crippen LogP contribution in [-0.2, 0) is 0 Å². The van der Waals surface area contributed by atoms with E-state index < -0.39 is 0 Å². The molecule has 1 aromatic heterocycles. The molecule has 0 bridgehead atoms. The molecule has 0 unspecified atom stereocenters. The van der Waals surface area contributed by atoms with E-state index in [1.165, 1.54) is 6.33 Å². The molecule has 0 saturated carbocycles. The summed E-state index contributed by atoms with van der Waals surface area (Å²) in [6, 6.07) is 0. The highest BCUT2D eigenvalue weighted by Gasteiger charge is 1.81. The van der Waals surface area contributed by atoms with Crippen molar-refractivity contribution >= 4 is 0 Å². The van der Waals surface area contributed by atoms with Gasteiger partial charge < -0.3 is 5.32 Å². The van der Waals surface area contributed by atoms with E-state index in [2.05, 4.69) is 27.1 Å². The summed E-state index contributed by atoms with van der Waals surface area (Å²) >= 11 is 0. The van der Waals surface area contributed by atoms with Gasteiger partial charge in [0.25, 0.3) is 0 Å². The van der Waals surface area contributed by atoms with Crippen LogP contribution in [0.4, 0.5) is 0 Å². The maximum atomic E-state index is 3.83. The summed E-state index contributed by atoms with van der Waals surface area (Å²) in [4.78, 5) is 7.66. The monoisotopic (exact) mass is 147 g/mol. The number of hydrogen-bond donors (Lipinski definition) is 1. The standard InChI is InChI=1S/C8H9N3/c1-9-4-2-3-8-5-10-7-11-6-8/h5-7,9H,4H2,1H3. The smallest absolute Gasteiger partial charge is 0.115 e. The van der Waals surface area contributed by atoms with Gasteiger partial charge in [-0.25, -0.2) is 9.97 Å². The Morgan fingerprint density at radius 1 is 1.45 bits per heavy atom. The van der Waals surface area contributed by atoms with Crippen molar-refractivity contribution in [1.82, 2.24) is 15.3 Å². The molecule has 11 heavy (non-hydrogen) atoms. The maximum absolute atomic E-state index is 3.83. The lowest BCUT2D eigenvalue weighted by molar-refractivity contribution is 0.938. The van der Waals surface area contributed by atoms with Gasteiger partial charge in [-0.2, -0.15) is 0 Å². The molecule has 3 heteroatoms. The Balaban J connectivity index is 2.59. The molecule has 0 saturated heterocycles. The molecular weight excluding hydrogens is 138 g/mol. The van der Waals surface area contributed by atoms with Crippen molar-refractivity contribution in [3.05, 3.63) is 24.3 Å². The van der Waals surface area contributed by atoms with Crippen LogP contribution in [0.1, 0.15) is 5.56 Å². The highest BCUT2D eigenvalue weighted by Crippen LogP contribution is 1.86. The van der Waals surface area contributed by atoms with E-state index in [0.29, 0.717) is 6.54 Å². The van der Waals surface area contributed by atoms with Crippen molar-refractivity contribution in [3.8, 4) is 11.8 Å². The van der Waals surface area contributed by atoms with Crippen molar-refractivity contribution in [2.75, 3.05) is 13.6 Å². The zero-order valence-corrected chi connectivity index (χ0v) is 6.33. The minimum absolute atomic E-state index is 0.689. The third-order valence-electron chi connectivity index (χ3n) is 1.06. The van der Waals surface area contributed by atoms with E-state index >= 15 is 0 Å². The fourth-order valence-electron chi connectivity index (χ4n) is 0.598. The maximum Gasteiger partial charge on any atom is 0.115 e. The van der Waals surface area contributed by atoms with Crippen molar-refractivity contribution < 1.29 is 0 Å². The van der Waals surface area contributed by atoms with Crippen LogP contribution in [0.3, 0.4) is 0 Å². The van der Waals surface area contributed by atoms with E-state index in [4.69, 9.17) is 0 Å². The summed E-state index contributed by atoms with van der Waals surface area (Å²) in [6.07, 6.45) is 4.87. The number of hydrogen-bond acceptors (Lipinski definition) is 3. The molecule has 3 nitrogen and oxygen atoms in total. The van der Waals surface area contributed by atoms with E-state index in [9.17, 15) is 0 Å². The van der Waals surface area contributed by atoms with E-state index in [0.717, 1.165) is 5.56 Å². The molecule has 0 radical (unpaired) electrons. The Bertz CT molecular complexity index is 258. The van der Waals surface area contributed by atoms with Crippen LogP contribution in [0.25, 0.3) is 0 Å². The highest BCUT2D eigenvalue weighted by atomic mass is 14.8. The summed E-state index contributed by atoms with van der Waals surface area (Å²) in [6.45, 7) is 0.689. The predicted octanol–water partition coefficient (Wildman–Crippen LogP) is 0.0475. The van der Waals surface area contributed by atoms with Crippen molar-refractivity contribution in [2.24, 2.45) is 0 Å². The van der Waals surface area contributed by atoms with Gasteiger partial charge in [-0.05, 0) is 7.05 Å². The first-order valence-corrected chi connectivity index (χ1v) is 3.32. The van der Waals surface area contributed by atoms with Crippen LogP contribution in [0.15, 0.2) is 18.7 Å². The Labute approximate surface area is 65.9 Å². The second-order valence-corrected chi connectivity index (χ2v) is 1.96. The molecule has 0 aliphatic rings. The Morgan fingerprint density at radius 3 is 2.82 bits per heavy atom. The fraction of sp³-hybridized carbons (Fsp3) is 0.250. The van der Waals surface area contributed by atoms with Crippen molar-refractivity contribution in [1.29, 1.82) is 0 Å². The number of rotatable bonds is 1. The number of nitrogens with one attached hydrogen (secondary N) is 1. The van der Waals surface area contributed by atoms with E-state index in [1.807, 2.05) is 7.05 Å². The molecule has 0 amide bonds. The van der Waals surface area contributed by atoms with Gasteiger partial charge in [0.2, 0.25) is 0 Å². The molecule has 1 heterocycles.